The lowest BCUT2D eigenvalue weighted by Crippen LogP contribution is -2.36. The van der Waals surface area contributed by atoms with Crippen LogP contribution >= 0.6 is 0 Å². The van der Waals surface area contributed by atoms with Gasteiger partial charge in [0.1, 0.15) is 0 Å². The van der Waals surface area contributed by atoms with E-state index in [4.69, 9.17) is 4.74 Å². The zero-order valence-corrected chi connectivity index (χ0v) is 12.0. The van der Waals surface area contributed by atoms with E-state index in [2.05, 4.69) is 15.5 Å². The summed E-state index contributed by atoms with van der Waals surface area (Å²) in [5.41, 5.74) is 1.96. The Morgan fingerprint density at radius 2 is 2.05 bits per heavy atom. The second-order valence-corrected chi connectivity index (χ2v) is 4.77. The Bertz CT molecular complexity index is 431. The van der Waals surface area contributed by atoms with Gasteiger partial charge >= 0.3 is 0 Å². The van der Waals surface area contributed by atoms with Crippen molar-refractivity contribution in [1.82, 2.24) is 5.32 Å². The highest BCUT2D eigenvalue weighted by Crippen LogP contribution is 2.26. The van der Waals surface area contributed by atoms with Gasteiger partial charge in [-0.1, -0.05) is 19.1 Å². The fourth-order valence-corrected chi connectivity index (χ4v) is 2.25. The maximum absolute atomic E-state index is 11.9. The monoisotopic (exact) mass is 277 g/mol. The van der Waals surface area contributed by atoms with E-state index in [1.807, 2.05) is 31.2 Å². The minimum Gasteiger partial charge on any atom is -0.378 e. The van der Waals surface area contributed by atoms with Crippen molar-refractivity contribution in [3.63, 3.8) is 0 Å². The highest BCUT2D eigenvalue weighted by atomic mass is 16.5. The summed E-state index contributed by atoms with van der Waals surface area (Å²) in [6, 6.07) is 7.95. The second-order valence-electron chi connectivity index (χ2n) is 4.77. The Morgan fingerprint density at radius 1 is 1.30 bits per heavy atom. The average Bonchev–Trinajstić information content (AvgIpc) is 2.49. The zero-order chi connectivity index (χ0) is 14.2. The van der Waals surface area contributed by atoms with E-state index in [-0.39, 0.29) is 5.91 Å². The lowest BCUT2D eigenvalue weighted by Gasteiger charge is -2.30. The van der Waals surface area contributed by atoms with Crippen LogP contribution < -0.4 is 15.5 Å². The number of benzene rings is 1. The molecule has 0 spiro atoms. The molecule has 20 heavy (non-hydrogen) atoms. The summed E-state index contributed by atoms with van der Waals surface area (Å²) in [7, 11) is 0. The van der Waals surface area contributed by atoms with Gasteiger partial charge in [0.05, 0.1) is 24.6 Å². The number of para-hydroxylation sites is 2. The molecule has 1 aromatic rings. The number of carbonyl (C=O) groups is 1. The van der Waals surface area contributed by atoms with Gasteiger partial charge in [-0.15, -0.1) is 0 Å². The number of ether oxygens (including phenoxy) is 1. The predicted octanol–water partition coefficient (Wildman–Crippen LogP) is 1.46. The van der Waals surface area contributed by atoms with Crippen LogP contribution in [-0.4, -0.2) is 45.3 Å². The van der Waals surface area contributed by atoms with E-state index in [0.717, 1.165) is 44.2 Å². The lowest BCUT2D eigenvalue weighted by atomic mass is 10.2. The number of hydrogen-bond donors (Lipinski definition) is 2. The highest BCUT2D eigenvalue weighted by molar-refractivity contribution is 5.94. The Hall–Kier alpha value is -1.59. The third-order valence-electron chi connectivity index (χ3n) is 3.31. The van der Waals surface area contributed by atoms with Gasteiger partial charge in [0, 0.05) is 26.1 Å². The molecule has 2 rings (SSSR count). The lowest BCUT2D eigenvalue weighted by molar-refractivity contribution is -0.116. The summed E-state index contributed by atoms with van der Waals surface area (Å²) in [6.07, 6.45) is 0.491. The van der Waals surface area contributed by atoms with Crippen molar-refractivity contribution in [3.05, 3.63) is 24.3 Å². The van der Waals surface area contributed by atoms with Crippen molar-refractivity contribution in [2.75, 3.05) is 49.6 Å². The van der Waals surface area contributed by atoms with Crippen LogP contribution in [0.4, 0.5) is 11.4 Å². The van der Waals surface area contributed by atoms with Crippen molar-refractivity contribution in [2.24, 2.45) is 0 Å². The van der Waals surface area contributed by atoms with Crippen molar-refractivity contribution in [2.45, 2.75) is 13.3 Å². The molecule has 0 saturated carbocycles. The van der Waals surface area contributed by atoms with E-state index >= 15 is 0 Å². The first-order chi connectivity index (χ1) is 9.81. The Labute approximate surface area is 120 Å². The number of anilines is 2. The van der Waals surface area contributed by atoms with Crippen LogP contribution in [0.5, 0.6) is 0 Å². The van der Waals surface area contributed by atoms with Gasteiger partial charge in [-0.2, -0.15) is 0 Å². The van der Waals surface area contributed by atoms with Gasteiger partial charge in [-0.25, -0.2) is 0 Å². The van der Waals surface area contributed by atoms with E-state index in [1.54, 1.807) is 0 Å². The SMILES string of the molecule is CCNCCC(=O)Nc1ccccc1N1CCOCC1. The molecule has 0 aromatic heterocycles. The normalized spacial score (nSPS) is 15.2. The first-order valence-corrected chi connectivity index (χ1v) is 7.23. The molecule has 0 radical (unpaired) electrons. The molecular weight excluding hydrogens is 254 g/mol. The van der Waals surface area contributed by atoms with Gasteiger partial charge < -0.3 is 20.3 Å². The minimum absolute atomic E-state index is 0.0478. The van der Waals surface area contributed by atoms with E-state index < -0.39 is 0 Å². The van der Waals surface area contributed by atoms with Crippen molar-refractivity contribution in [1.29, 1.82) is 0 Å². The third-order valence-corrected chi connectivity index (χ3v) is 3.31. The summed E-state index contributed by atoms with van der Waals surface area (Å²) < 4.78 is 5.37. The van der Waals surface area contributed by atoms with Gasteiger partial charge in [-0.3, -0.25) is 4.79 Å². The fraction of sp³-hybridized carbons (Fsp3) is 0.533. The standard InChI is InChI=1S/C15H23N3O2/c1-2-16-8-7-15(19)17-13-5-3-4-6-14(13)18-9-11-20-12-10-18/h3-6,16H,2,7-12H2,1H3,(H,17,19). The summed E-state index contributed by atoms with van der Waals surface area (Å²) in [5, 5.41) is 6.16. The second kappa shape index (κ2) is 7.87. The molecule has 1 heterocycles. The number of rotatable bonds is 6. The van der Waals surface area contributed by atoms with Crippen LogP contribution in [-0.2, 0) is 9.53 Å². The van der Waals surface area contributed by atoms with E-state index in [9.17, 15) is 4.79 Å². The maximum Gasteiger partial charge on any atom is 0.225 e. The maximum atomic E-state index is 11.9. The molecule has 0 atom stereocenters. The first kappa shape index (κ1) is 14.8. The topological polar surface area (TPSA) is 53.6 Å². The van der Waals surface area contributed by atoms with Gasteiger partial charge in [0.15, 0.2) is 0 Å². The molecule has 0 bridgehead atoms. The molecule has 1 aliphatic rings. The van der Waals surface area contributed by atoms with Crippen molar-refractivity contribution < 1.29 is 9.53 Å². The largest absolute Gasteiger partial charge is 0.378 e. The predicted molar refractivity (Wildman–Crippen MR) is 81.3 cm³/mol. The van der Waals surface area contributed by atoms with Crippen LogP contribution in [0, 0.1) is 0 Å². The quantitative estimate of drug-likeness (QED) is 0.773. The molecule has 1 aliphatic heterocycles. The molecule has 5 heteroatoms. The van der Waals surface area contributed by atoms with E-state index in [1.165, 1.54) is 0 Å². The number of nitrogens with zero attached hydrogens (tertiary/aromatic N) is 1. The number of morpholine rings is 1. The molecule has 1 fully saturated rings. The Morgan fingerprint density at radius 3 is 2.80 bits per heavy atom. The summed E-state index contributed by atoms with van der Waals surface area (Å²) in [4.78, 5) is 14.2. The molecule has 0 aliphatic carbocycles. The van der Waals surface area contributed by atoms with Gasteiger partial charge in [0.2, 0.25) is 5.91 Å². The number of carbonyl (C=O) groups excluding carboxylic acids is 1. The summed E-state index contributed by atoms with van der Waals surface area (Å²) in [5.74, 6) is 0.0478. The summed E-state index contributed by atoms with van der Waals surface area (Å²) >= 11 is 0. The van der Waals surface area contributed by atoms with Crippen LogP contribution in [0.3, 0.4) is 0 Å². The minimum atomic E-state index is 0.0478. The number of amides is 1. The molecule has 1 amide bonds. The molecule has 0 unspecified atom stereocenters. The van der Waals surface area contributed by atoms with Crippen LogP contribution in [0.15, 0.2) is 24.3 Å². The van der Waals surface area contributed by atoms with Crippen molar-refractivity contribution >= 4 is 17.3 Å². The average molecular weight is 277 g/mol. The molecule has 2 N–H and O–H groups in total. The smallest absolute Gasteiger partial charge is 0.225 e. The number of hydrogen-bond acceptors (Lipinski definition) is 4. The van der Waals surface area contributed by atoms with E-state index in [0.29, 0.717) is 13.0 Å². The zero-order valence-electron chi connectivity index (χ0n) is 12.0. The van der Waals surface area contributed by atoms with Gasteiger partial charge in [-0.05, 0) is 18.7 Å². The molecule has 1 aromatic carbocycles. The molecule has 5 nitrogen and oxygen atoms in total. The van der Waals surface area contributed by atoms with Crippen LogP contribution in [0.1, 0.15) is 13.3 Å². The van der Waals surface area contributed by atoms with Crippen molar-refractivity contribution in [3.8, 4) is 0 Å². The van der Waals surface area contributed by atoms with Gasteiger partial charge in [0.25, 0.3) is 0 Å². The Balaban J connectivity index is 1.98. The summed E-state index contributed by atoms with van der Waals surface area (Å²) in [6.45, 7) is 6.84. The Kier molecular flexibility index (Phi) is 5.83. The third kappa shape index (κ3) is 4.21. The van der Waals surface area contributed by atoms with Crippen LogP contribution in [0.25, 0.3) is 0 Å². The first-order valence-electron chi connectivity index (χ1n) is 7.23. The van der Waals surface area contributed by atoms with Crippen LogP contribution in [0.2, 0.25) is 0 Å². The number of nitrogens with one attached hydrogen (secondary N) is 2. The fourth-order valence-electron chi connectivity index (χ4n) is 2.25. The highest BCUT2D eigenvalue weighted by Gasteiger charge is 2.15. The molecule has 1 saturated heterocycles. The molecule has 110 valence electrons. The molecular formula is C15H23N3O2.